The van der Waals surface area contributed by atoms with Gasteiger partial charge in [-0.05, 0) is 29.8 Å². The highest BCUT2D eigenvalue weighted by atomic mass is 19.1. The third-order valence-electron chi connectivity index (χ3n) is 3.54. The SMILES string of the molecule is Fc1ccc(CNc2ncnc(Nc3cc(-c4ccco4)[nH]n3)n2)cc1. The van der Waals surface area contributed by atoms with Gasteiger partial charge in [-0.1, -0.05) is 12.1 Å². The van der Waals surface area contributed by atoms with Crippen LogP contribution in [-0.4, -0.2) is 25.1 Å². The van der Waals surface area contributed by atoms with Gasteiger partial charge in [-0.15, -0.1) is 0 Å². The lowest BCUT2D eigenvalue weighted by atomic mass is 10.2. The molecule has 3 heterocycles. The number of benzene rings is 1. The zero-order valence-electron chi connectivity index (χ0n) is 13.5. The minimum atomic E-state index is -0.270. The fraction of sp³-hybridized carbons (Fsp3) is 0.0588. The third kappa shape index (κ3) is 3.66. The van der Waals surface area contributed by atoms with Crippen molar-refractivity contribution in [2.45, 2.75) is 6.54 Å². The molecule has 0 aliphatic heterocycles. The highest BCUT2D eigenvalue weighted by Gasteiger charge is 2.08. The lowest BCUT2D eigenvalue weighted by Crippen LogP contribution is -2.06. The van der Waals surface area contributed by atoms with Gasteiger partial charge in [-0.2, -0.15) is 10.1 Å². The van der Waals surface area contributed by atoms with Crippen LogP contribution in [0.3, 0.4) is 0 Å². The van der Waals surface area contributed by atoms with Gasteiger partial charge in [-0.3, -0.25) is 5.10 Å². The van der Waals surface area contributed by atoms with E-state index in [9.17, 15) is 4.39 Å². The summed E-state index contributed by atoms with van der Waals surface area (Å²) in [6.07, 6.45) is 2.98. The van der Waals surface area contributed by atoms with Crippen LogP contribution in [0.25, 0.3) is 11.5 Å². The van der Waals surface area contributed by atoms with Crippen LogP contribution in [0.15, 0.2) is 59.5 Å². The van der Waals surface area contributed by atoms with Crippen LogP contribution < -0.4 is 10.6 Å². The average Bonchev–Trinajstić information content (AvgIpc) is 3.33. The summed E-state index contributed by atoms with van der Waals surface area (Å²) in [6.45, 7) is 0.467. The Morgan fingerprint density at radius 1 is 1.08 bits per heavy atom. The number of aromatic amines is 1. The van der Waals surface area contributed by atoms with Crippen LogP contribution in [0.5, 0.6) is 0 Å². The average molecular weight is 351 g/mol. The van der Waals surface area contributed by atoms with E-state index in [0.717, 1.165) is 11.3 Å². The number of rotatable bonds is 6. The molecular formula is C17H14FN7O. The third-order valence-corrected chi connectivity index (χ3v) is 3.54. The number of hydrogen-bond donors (Lipinski definition) is 3. The Morgan fingerprint density at radius 3 is 2.73 bits per heavy atom. The molecule has 0 radical (unpaired) electrons. The van der Waals surface area contributed by atoms with Crippen LogP contribution in [-0.2, 0) is 6.54 Å². The molecule has 0 saturated heterocycles. The molecule has 3 aromatic heterocycles. The van der Waals surface area contributed by atoms with Crippen LogP contribution >= 0.6 is 0 Å². The molecule has 8 nitrogen and oxygen atoms in total. The van der Waals surface area contributed by atoms with Crippen molar-refractivity contribution in [2.75, 3.05) is 10.6 Å². The summed E-state index contributed by atoms with van der Waals surface area (Å²) in [5.74, 6) is 1.70. The summed E-state index contributed by atoms with van der Waals surface area (Å²) < 4.78 is 18.2. The van der Waals surface area contributed by atoms with Gasteiger partial charge >= 0.3 is 0 Å². The van der Waals surface area contributed by atoms with E-state index >= 15 is 0 Å². The monoisotopic (exact) mass is 351 g/mol. The number of anilines is 3. The lowest BCUT2D eigenvalue weighted by Gasteiger charge is -2.06. The quantitative estimate of drug-likeness (QED) is 0.489. The Bertz CT molecular complexity index is 983. The van der Waals surface area contributed by atoms with Crippen molar-refractivity contribution >= 4 is 17.7 Å². The molecule has 1 aromatic carbocycles. The van der Waals surface area contributed by atoms with E-state index in [0.29, 0.717) is 30.0 Å². The molecule has 0 amide bonds. The fourth-order valence-electron chi connectivity index (χ4n) is 2.28. The molecule has 26 heavy (non-hydrogen) atoms. The summed E-state index contributed by atoms with van der Waals surface area (Å²) in [5, 5.41) is 13.1. The molecule has 0 bridgehead atoms. The number of hydrogen-bond acceptors (Lipinski definition) is 7. The van der Waals surface area contributed by atoms with E-state index in [2.05, 4.69) is 35.8 Å². The number of nitrogens with one attached hydrogen (secondary N) is 3. The number of furan rings is 1. The molecule has 130 valence electrons. The molecular weight excluding hydrogens is 337 g/mol. The maximum absolute atomic E-state index is 12.9. The molecule has 4 rings (SSSR count). The molecule has 0 saturated carbocycles. The lowest BCUT2D eigenvalue weighted by molar-refractivity contribution is 0.580. The van der Waals surface area contributed by atoms with Crippen molar-refractivity contribution in [3.05, 3.63) is 66.4 Å². The van der Waals surface area contributed by atoms with Crippen LogP contribution in [0.1, 0.15) is 5.56 Å². The molecule has 4 aromatic rings. The number of nitrogens with zero attached hydrogens (tertiary/aromatic N) is 4. The van der Waals surface area contributed by atoms with Gasteiger partial charge in [0.1, 0.15) is 17.8 Å². The molecule has 0 fully saturated rings. The van der Waals surface area contributed by atoms with Crippen LogP contribution in [0.4, 0.5) is 22.1 Å². The van der Waals surface area contributed by atoms with E-state index in [1.165, 1.54) is 18.5 Å². The van der Waals surface area contributed by atoms with Gasteiger partial charge in [0.05, 0.1) is 6.26 Å². The van der Waals surface area contributed by atoms with Crippen molar-refractivity contribution < 1.29 is 8.81 Å². The first kappa shape index (κ1) is 15.8. The first-order valence-electron chi connectivity index (χ1n) is 7.80. The van der Waals surface area contributed by atoms with E-state index in [-0.39, 0.29) is 5.82 Å². The van der Waals surface area contributed by atoms with Crippen LogP contribution in [0.2, 0.25) is 0 Å². The Kier molecular flexibility index (Phi) is 4.25. The second-order valence-corrected chi connectivity index (χ2v) is 5.38. The molecule has 0 spiro atoms. The van der Waals surface area contributed by atoms with Gasteiger partial charge in [0.15, 0.2) is 11.6 Å². The summed E-state index contributed by atoms with van der Waals surface area (Å²) in [4.78, 5) is 12.4. The molecule has 0 atom stereocenters. The summed E-state index contributed by atoms with van der Waals surface area (Å²) in [6, 6.07) is 11.6. The number of halogens is 1. The van der Waals surface area contributed by atoms with E-state index in [1.54, 1.807) is 30.5 Å². The Balaban J connectivity index is 1.42. The smallest absolute Gasteiger partial charge is 0.233 e. The molecule has 3 N–H and O–H groups in total. The Hall–Kier alpha value is -3.75. The van der Waals surface area contributed by atoms with E-state index in [1.807, 2.05) is 6.07 Å². The van der Waals surface area contributed by atoms with Crippen LogP contribution in [0, 0.1) is 5.82 Å². The predicted molar refractivity (Wildman–Crippen MR) is 93.1 cm³/mol. The number of H-pyrrole nitrogens is 1. The largest absolute Gasteiger partial charge is 0.463 e. The fourth-order valence-corrected chi connectivity index (χ4v) is 2.28. The highest BCUT2D eigenvalue weighted by molar-refractivity contribution is 5.60. The summed E-state index contributed by atoms with van der Waals surface area (Å²) in [5.41, 5.74) is 1.65. The van der Waals surface area contributed by atoms with Gasteiger partial charge in [0, 0.05) is 12.6 Å². The molecule has 9 heteroatoms. The van der Waals surface area contributed by atoms with Gasteiger partial charge < -0.3 is 15.1 Å². The molecule has 0 aliphatic rings. The molecule has 0 unspecified atom stereocenters. The van der Waals surface area contributed by atoms with Crippen molar-refractivity contribution in [2.24, 2.45) is 0 Å². The van der Waals surface area contributed by atoms with Crippen molar-refractivity contribution in [3.63, 3.8) is 0 Å². The zero-order valence-corrected chi connectivity index (χ0v) is 13.5. The zero-order chi connectivity index (χ0) is 17.8. The Labute approximate surface area is 147 Å². The van der Waals surface area contributed by atoms with Gasteiger partial charge in [-0.25, -0.2) is 14.4 Å². The highest BCUT2D eigenvalue weighted by Crippen LogP contribution is 2.21. The maximum atomic E-state index is 12.9. The van der Waals surface area contributed by atoms with E-state index in [4.69, 9.17) is 4.42 Å². The van der Waals surface area contributed by atoms with Gasteiger partial charge in [0.2, 0.25) is 11.9 Å². The standard InChI is InChI=1S/C17H14FN7O/c18-12-5-3-11(4-6-12)9-19-16-20-10-21-17(23-16)22-15-8-13(24-25-15)14-2-1-7-26-14/h1-8,10H,9H2,(H3,19,20,21,22,23,24,25). The maximum Gasteiger partial charge on any atom is 0.233 e. The Morgan fingerprint density at radius 2 is 1.92 bits per heavy atom. The van der Waals surface area contributed by atoms with Gasteiger partial charge in [0.25, 0.3) is 0 Å². The second kappa shape index (κ2) is 7.01. The number of aromatic nitrogens is 5. The normalized spacial score (nSPS) is 10.7. The van der Waals surface area contributed by atoms with E-state index < -0.39 is 0 Å². The van der Waals surface area contributed by atoms with Crippen molar-refractivity contribution in [1.29, 1.82) is 0 Å². The summed E-state index contributed by atoms with van der Waals surface area (Å²) >= 11 is 0. The molecule has 0 aliphatic carbocycles. The first-order valence-corrected chi connectivity index (χ1v) is 7.80. The topological polar surface area (TPSA) is 105 Å². The minimum absolute atomic E-state index is 0.270. The second-order valence-electron chi connectivity index (χ2n) is 5.38. The van der Waals surface area contributed by atoms with Crippen molar-refractivity contribution in [3.8, 4) is 11.5 Å². The predicted octanol–water partition coefficient (Wildman–Crippen LogP) is 3.35. The first-order chi connectivity index (χ1) is 12.8. The summed E-state index contributed by atoms with van der Waals surface area (Å²) in [7, 11) is 0. The van der Waals surface area contributed by atoms with Crippen molar-refractivity contribution in [1.82, 2.24) is 25.1 Å². The minimum Gasteiger partial charge on any atom is -0.463 e.